The highest BCUT2D eigenvalue weighted by atomic mass is 79.9. The molecule has 0 aliphatic carbocycles. The topological polar surface area (TPSA) is 87.8 Å². The number of amides is 1. The summed E-state index contributed by atoms with van der Waals surface area (Å²) < 4.78 is 19.4. The Kier molecular flexibility index (Phi) is 11.0. The third-order valence-corrected chi connectivity index (χ3v) is 6.80. The van der Waals surface area contributed by atoms with Crippen molar-refractivity contribution in [2.45, 2.75) is 38.4 Å². The number of halogens is 3. The van der Waals surface area contributed by atoms with Crippen molar-refractivity contribution < 1.29 is 19.0 Å². The van der Waals surface area contributed by atoms with E-state index in [1.54, 1.807) is 0 Å². The normalized spacial score (nSPS) is 20.6. The zero-order chi connectivity index (χ0) is 22.7. The van der Waals surface area contributed by atoms with Gasteiger partial charge in [0.05, 0.1) is 12.2 Å². The maximum atomic E-state index is 13.0. The first-order valence-corrected chi connectivity index (χ1v) is 11.4. The fraction of sp³-hybridized carbons (Fsp3) is 0.480. The number of hydrogen-bond donors (Lipinski definition) is 3. The van der Waals surface area contributed by atoms with Crippen LogP contribution in [0.2, 0.25) is 0 Å². The Morgan fingerprint density at radius 2 is 1.85 bits per heavy atom. The molecule has 4 N–H and O–H groups in total. The lowest BCUT2D eigenvalue weighted by molar-refractivity contribution is -0.0645. The molecule has 2 aromatic carbocycles. The van der Waals surface area contributed by atoms with Crippen LogP contribution >= 0.6 is 34.0 Å². The van der Waals surface area contributed by atoms with Gasteiger partial charge in [0.1, 0.15) is 11.6 Å². The van der Waals surface area contributed by atoms with Crippen LogP contribution in [0.3, 0.4) is 0 Å². The lowest BCUT2D eigenvalue weighted by Gasteiger charge is -2.40. The summed E-state index contributed by atoms with van der Waals surface area (Å²) in [5, 5.41) is 13.5. The van der Waals surface area contributed by atoms with E-state index in [-0.39, 0.29) is 57.9 Å². The monoisotopic (exact) mass is 601 g/mol. The van der Waals surface area contributed by atoms with Gasteiger partial charge in [0.2, 0.25) is 0 Å². The quantitative estimate of drug-likeness (QED) is 0.464. The van der Waals surface area contributed by atoms with Crippen molar-refractivity contribution in [2.75, 3.05) is 32.7 Å². The molecule has 0 unspecified atom stereocenters. The van der Waals surface area contributed by atoms with Crippen LogP contribution in [-0.4, -0.2) is 54.7 Å². The highest BCUT2D eigenvalue weighted by Crippen LogP contribution is 2.40. The molecule has 0 aromatic heterocycles. The average molecular weight is 603 g/mol. The molecule has 2 aliphatic heterocycles. The number of carbonyl (C=O) groups excluding carboxylic acids is 1. The number of nitrogens with two attached hydrogens (primary N) is 1. The largest absolute Gasteiger partial charge is 0.507 e. The lowest BCUT2D eigenvalue weighted by atomic mass is 9.83. The number of piperidine rings is 1. The zero-order valence-electron chi connectivity index (χ0n) is 19.3. The summed E-state index contributed by atoms with van der Waals surface area (Å²) in [6.07, 6.45) is 2.63. The van der Waals surface area contributed by atoms with Crippen LogP contribution in [0, 0.1) is 18.7 Å². The van der Waals surface area contributed by atoms with Crippen LogP contribution in [0.1, 0.15) is 46.0 Å². The van der Waals surface area contributed by atoms with Crippen molar-refractivity contribution in [1.82, 2.24) is 10.2 Å². The van der Waals surface area contributed by atoms with Crippen LogP contribution in [0.4, 0.5) is 4.39 Å². The minimum Gasteiger partial charge on any atom is -0.507 e. The number of aryl methyl sites for hydroxylation is 1. The number of carbonyl (C=O) groups is 1. The van der Waals surface area contributed by atoms with Gasteiger partial charge in [-0.05, 0) is 74.2 Å². The number of rotatable bonds is 6. The van der Waals surface area contributed by atoms with Crippen LogP contribution in [0.25, 0.3) is 0 Å². The summed E-state index contributed by atoms with van der Waals surface area (Å²) in [7, 11) is 0. The third-order valence-electron chi connectivity index (χ3n) is 6.80. The summed E-state index contributed by atoms with van der Waals surface area (Å²) in [5.41, 5.74) is 9.34. The lowest BCUT2D eigenvalue weighted by Crippen LogP contribution is -2.44. The number of likely N-dealkylation sites (tertiary alicyclic amines) is 1. The molecule has 2 atom stereocenters. The van der Waals surface area contributed by atoms with Gasteiger partial charge in [0, 0.05) is 37.2 Å². The number of phenolic OH excluding ortho intramolecular Hbond substituents is 1. The molecule has 9 heteroatoms. The molecule has 188 valence electrons. The molecule has 34 heavy (non-hydrogen) atoms. The van der Waals surface area contributed by atoms with Gasteiger partial charge in [-0.3, -0.25) is 4.79 Å². The predicted octanol–water partition coefficient (Wildman–Crippen LogP) is 4.08. The Hall–Kier alpha value is -1.52. The molecule has 0 radical (unpaired) electrons. The fourth-order valence-corrected chi connectivity index (χ4v) is 4.86. The first kappa shape index (κ1) is 28.7. The van der Waals surface area contributed by atoms with Crippen LogP contribution in [-0.2, 0) is 11.2 Å². The Balaban J connectivity index is 0.00000204. The number of fused-ring (bicyclic) bond motifs is 1. The number of aromatic hydroxyl groups is 1. The number of benzene rings is 2. The maximum absolute atomic E-state index is 13.0. The number of ether oxygens (including phenoxy) is 1. The smallest absolute Gasteiger partial charge is 0.251 e. The maximum Gasteiger partial charge on any atom is 0.251 e. The second-order valence-electron chi connectivity index (χ2n) is 8.84. The molecule has 4 rings (SSSR count). The van der Waals surface area contributed by atoms with Gasteiger partial charge in [-0.1, -0.05) is 12.1 Å². The van der Waals surface area contributed by atoms with E-state index in [1.807, 2.05) is 19.1 Å². The first-order chi connectivity index (χ1) is 15.5. The van der Waals surface area contributed by atoms with Gasteiger partial charge in [0.25, 0.3) is 5.91 Å². The average Bonchev–Trinajstić information content (AvgIpc) is 2.81. The molecule has 2 heterocycles. The van der Waals surface area contributed by atoms with Crippen LogP contribution in [0.5, 0.6) is 5.75 Å². The van der Waals surface area contributed by atoms with Crippen molar-refractivity contribution in [3.05, 3.63) is 64.5 Å². The molecule has 6 nitrogen and oxygen atoms in total. The second-order valence-corrected chi connectivity index (χ2v) is 8.84. The van der Waals surface area contributed by atoms with Crippen LogP contribution < -0.4 is 11.1 Å². The number of phenols is 1. The minimum absolute atomic E-state index is 0. The van der Waals surface area contributed by atoms with Crippen molar-refractivity contribution in [2.24, 2.45) is 11.7 Å². The molecule has 0 bridgehead atoms. The van der Waals surface area contributed by atoms with Crippen LogP contribution in [0.15, 0.2) is 36.4 Å². The molecule has 1 fully saturated rings. The summed E-state index contributed by atoms with van der Waals surface area (Å²) in [4.78, 5) is 14.5. The molecule has 0 saturated carbocycles. The van der Waals surface area contributed by atoms with E-state index in [4.69, 9.17) is 10.5 Å². The second kappa shape index (κ2) is 13.0. The van der Waals surface area contributed by atoms with Crippen molar-refractivity contribution >= 4 is 39.9 Å². The van der Waals surface area contributed by atoms with E-state index in [2.05, 4.69) is 10.2 Å². The van der Waals surface area contributed by atoms with Gasteiger partial charge in [-0.15, -0.1) is 34.0 Å². The third kappa shape index (κ3) is 6.57. The van der Waals surface area contributed by atoms with E-state index >= 15 is 0 Å². The summed E-state index contributed by atoms with van der Waals surface area (Å²) in [5.74, 6) is 0.265. The van der Waals surface area contributed by atoms with Gasteiger partial charge in [0.15, 0.2) is 0 Å². The van der Waals surface area contributed by atoms with Gasteiger partial charge in [-0.25, -0.2) is 4.39 Å². The summed E-state index contributed by atoms with van der Waals surface area (Å²) in [6, 6.07) is 9.52. The van der Waals surface area contributed by atoms with Gasteiger partial charge < -0.3 is 25.8 Å². The Labute approximate surface area is 221 Å². The minimum atomic E-state index is -0.349. The van der Waals surface area contributed by atoms with Gasteiger partial charge >= 0.3 is 0 Å². The van der Waals surface area contributed by atoms with Gasteiger partial charge in [-0.2, -0.15) is 0 Å². The number of hydrogen-bond acceptors (Lipinski definition) is 5. The fourth-order valence-electron chi connectivity index (χ4n) is 4.86. The number of nitrogens with zero attached hydrogens (tertiary/aromatic N) is 1. The number of nitrogens with one attached hydrogen (secondary N) is 1. The van der Waals surface area contributed by atoms with E-state index in [0.717, 1.165) is 55.6 Å². The molecule has 2 aliphatic rings. The molecule has 1 amide bonds. The van der Waals surface area contributed by atoms with Crippen molar-refractivity contribution in [3.8, 4) is 5.75 Å². The molecule has 1 saturated heterocycles. The van der Waals surface area contributed by atoms with E-state index in [1.165, 1.54) is 24.3 Å². The predicted molar refractivity (Wildman–Crippen MR) is 142 cm³/mol. The summed E-state index contributed by atoms with van der Waals surface area (Å²) in [6.45, 7) is 5.53. The molecular formula is C25H34Br2FN3O3. The Morgan fingerprint density at radius 1 is 1.18 bits per heavy atom. The molecular weight excluding hydrogens is 569 g/mol. The van der Waals surface area contributed by atoms with E-state index in [0.29, 0.717) is 30.3 Å². The van der Waals surface area contributed by atoms with Crippen molar-refractivity contribution in [1.29, 1.82) is 0 Å². The van der Waals surface area contributed by atoms with E-state index < -0.39 is 0 Å². The Morgan fingerprint density at radius 3 is 2.50 bits per heavy atom. The highest BCUT2D eigenvalue weighted by molar-refractivity contribution is 8.93. The van der Waals surface area contributed by atoms with Crippen molar-refractivity contribution in [3.63, 3.8) is 0 Å². The highest BCUT2D eigenvalue weighted by Gasteiger charge is 2.35. The SMILES string of the molecule is Br.Br.Cc1ccc2c(c1O)C[C@@H](C1CCN(CCNC(=O)c3ccc(F)cc3)CC1)O[C@H]2CN. The molecule has 0 spiro atoms. The summed E-state index contributed by atoms with van der Waals surface area (Å²) >= 11 is 0. The zero-order valence-corrected chi connectivity index (χ0v) is 22.8. The first-order valence-electron chi connectivity index (χ1n) is 11.4. The van der Waals surface area contributed by atoms with E-state index in [9.17, 15) is 14.3 Å². The molecule has 2 aromatic rings. The standard InChI is InChI=1S/C25H32FN3O3.2BrH/c1-16-2-7-20-21(24(16)30)14-22(32-23(20)15-27)17-8-11-29(12-9-17)13-10-28-25(31)18-3-5-19(26)6-4-18;;/h2-7,17,22-23,30H,8-15,27H2,1H3,(H,28,31);2*1H/t22-,23-;;/m0../s1. The Bertz CT molecular complexity index is 953.